The highest BCUT2D eigenvalue weighted by Crippen LogP contribution is 2.30. The van der Waals surface area contributed by atoms with Crippen LogP contribution in [0.3, 0.4) is 0 Å². The molecule has 17 heavy (non-hydrogen) atoms. The molecule has 86 valence electrons. The standard InChI is InChI=1S/C13H10ClFN2/c14-10-7-13(12-6-8(15)4-5-16-12)17-11-3-1-2-9(10)11/h4-7H,1-3H2. The largest absolute Gasteiger partial charge is 0.254 e. The number of aryl methyl sites for hydroxylation is 1. The lowest BCUT2D eigenvalue weighted by Crippen LogP contribution is -1.95. The summed E-state index contributed by atoms with van der Waals surface area (Å²) in [5.74, 6) is -0.312. The van der Waals surface area contributed by atoms with Gasteiger partial charge >= 0.3 is 0 Å². The fraction of sp³-hybridized carbons (Fsp3) is 0.231. The Bertz CT molecular complexity index is 584. The summed E-state index contributed by atoms with van der Waals surface area (Å²) in [5.41, 5.74) is 3.34. The summed E-state index contributed by atoms with van der Waals surface area (Å²) in [6, 6.07) is 4.46. The molecule has 2 nitrogen and oxygen atoms in total. The van der Waals surface area contributed by atoms with E-state index in [4.69, 9.17) is 11.6 Å². The number of aromatic nitrogens is 2. The Morgan fingerprint density at radius 2 is 2.06 bits per heavy atom. The highest BCUT2D eigenvalue weighted by molar-refractivity contribution is 6.31. The summed E-state index contributed by atoms with van der Waals surface area (Å²) in [5, 5.41) is 0.716. The van der Waals surface area contributed by atoms with E-state index in [0.717, 1.165) is 30.5 Å². The van der Waals surface area contributed by atoms with Crippen LogP contribution in [0, 0.1) is 5.82 Å². The van der Waals surface area contributed by atoms with Crippen molar-refractivity contribution in [2.45, 2.75) is 19.3 Å². The van der Waals surface area contributed by atoms with E-state index < -0.39 is 0 Å². The van der Waals surface area contributed by atoms with Gasteiger partial charge in [-0.25, -0.2) is 4.39 Å². The minimum Gasteiger partial charge on any atom is -0.254 e. The molecule has 0 aliphatic heterocycles. The number of rotatable bonds is 1. The van der Waals surface area contributed by atoms with Crippen molar-refractivity contribution in [2.24, 2.45) is 0 Å². The molecule has 2 aromatic rings. The van der Waals surface area contributed by atoms with Crippen molar-refractivity contribution < 1.29 is 4.39 Å². The minimum atomic E-state index is -0.312. The van der Waals surface area contributed by atoms with E-state index in [1.807, 2.05) is 0 Å². The molecule has 0 bridgehead atoms. The molecular formula is C13H10ClFN2. The molecule has 0 unspecified atom stereocenters. The van der Waals surface area contributed by atoms with Crippen LogP contribution in [-0.2, 0) is 12.8 Å². The molecule has 3 rings (SSSR count). The predicted octanol–water partition coefficient (Wildman–Crippen LogP) is 3.42. The Morgan fingerprint density at radius 3 is 2.88 bits per heavy atom. The Labute approximate surface area is 103 Å². The topological polar surface area (TPSA) is 25.8 Å². The first-order chi connectivity index (χ1) is 8.24. The van der Waals surface area contributed by atoms with Gasteiger partial charge in [0.25, 0.3) is 0 Å². The van der Waals surface area contributed by atoms with Crippen LogP contribution >= 0.6 is 11.6 Å². The highest BCUT2D eigenvalue weighted by atomic mass is 35.5. The third kappa shape index (κ3) is 1.91. The van der Waals surface area contributed by atoms with Crippen LogP contribution in [0.2, 0.25) is 5.02 Å². The molecule has 0 amide bonds. The van der Waals surface area contributed by atoms with Crippen LogP contribution in [0.15, 0.2) is 24.4 Å². The molecule has 1 aliphatic rings. The summed E-state index contributed by atoms with van der Waals surface area (Å²) in [6.07, 6.45) is 4.45. The van der Waals surface area contributed by atoms with Crippen molar-refractivity contribution in [3.8, 4) is 11.4 Å². The maximum atomic E-state index is 13.1. The molecule has 0 N–H and O–H groups in total. The zero-order valence-electron chi connectivity index (χ0n) is 9.08. The van der Waals surface area contributed by atoms with E-state index in [1.165, 1.54) is 18.3 Å². The molecule has 0 atom stereocenters. The zero-order chi connectivity index (χ0) is 11.8. The first-order valence-corrected chi connectivity index (χ1v) is 5.92. The Balaban J connectivity index is 2.13. The molecular weight excluding hydrogens is 239 g/mol. The second-order valence-electron chi connectivity index (χ2n) is 4.13. The van der Waals surface area contributed by atoms with E-state index in [9.17, 15) is 4.39 Å². The Kier molecular flexibility index (Phi) is 2.56. The minimum absolute atomic E-state index is 0.312. The number of hydrogen-bond acceptors (Lipinski definition) is 2. The second-order valence-corrected chi connectivity index (χ2v) is 4.53. The summed E-state index contributed by atoms with van der Waals surface area (Å²) < 4.78 is 13.1. The average molecular weight is 249 g/mol. The Morgan fingerprint density at radius 1 is 1.18 bits per heavy atom. The number of hydrogen-bond donors (Lipinski definition) is 0. The first-order valence-electron chi connectivity index (χ1n) is 5.54. The summed E-state index contributed by atoms with van der Waals surface area (Å²) in [6.45, 7) is 0. The molecule has 0 saturated heterocycles. The van der Waals surface area contributed by atoms with E-state index in [1.54, 1.807) is 6.07 Å². The van der Waals surface area contributed by atoms with Gasteiger partial charge in [-0.3, -0.25) is 9.97 Å². The molecule has 2 aromatic heterocycles. The lowest BCUT2D eigenvalue weighted by atomic mass is 10.1. The van der Waals surface area contributed by atoms with E-state index in [2.05, 4.69) is 9.97 Å². The van der Waals surface area contributed by atoms with Crippen LogP contribution in [0.1, 0.15) is 17.7 Å². The molecule has 0 saturated carbocycles. The van der Waals surface area contributed by atoms with Gasteiger partial charge < -0.3 is 0 Å². The van der Waals surface area contributed by atoms with Crippen LogP contribution in [0.4, 0.5) is 4.39 Å². The fourth-order valence-electron chi connectivity index (χ4n) is 2.17. The van der Waals surface area contributed by atoms with Gasteiger partial charge in [-0.05, 0) is 37.0 Å². The maximum Gasteiger partial charge on any atom is 0.126 e. The Hall–Kier alpha value is -1.48. The summed E-state index contributed by atoms with van der Waals surface area (Å²) in [7, 11) is 0. The van der Waals surface area contributed by atoms with Crippen molar-refractivity contribution in [3.63, 3.8) is 0 Å². The molecule has 1 aliphatic carbocycles. The van der Waals surface area contributed by atoms with Gasteiger partial charge in [-0.15, -0.1) is 0 Å². The fourth-order valence-corrected chi connectivity index (χ4v) is 2.48. The normalized spacial score (nSPS) is 13.8. The maximum absolute atomic E-state index is 13.1. The quantitative estimate of drug-likeness (QED) is 0.773. The molecule has 2 heterocycles. The predicted molar refractivity (Wildman–Crippen MR) is 64.5 cm³/mol. The second kappa shape index (κ2) is 4.08. The number of fused-ring (bicyclic) bond motifs is 1. The van der Waals surface area contributed by atoms with Gasteiger partial charge in [0.2, 0.25) is 0 Å². The van der Waals surface area contributed by atoms with Crippen molar-refractivity contribution in [3.05, 3.63) is 46.5 Å². The monoisotopic (exact) mass is 248 g/mol. The third-order valence-corrected chi connectivity index (χ3v) is 3.32. The number of nitrogens with zero attached hydrogens (tertiary/aromatic N) is 2. The number of pyridine rings is 2. The van der Waals surface area contributed by atoms with Crippen molar-refractivity contribution in [1.82, 2.24) is 9.97 Å². The summed E-state index contributed by atoms with van der Waals surface area (Å²) in [4.78, 5) is 8.63. The average Bonchev–Trinajstić information content (AvgIpc) is 2.77. The zero-order valence-corrected chi connectivity index (χ0v) is 9.84. The van der Waals surface area contributed by atoms with Gasteiger partial charge in [0.1, 0.15) is 5.82 Å². The smallest absolute Gasteiger partial charge is 0.126 e. The molecule has 4 heteroatoms. The summed E-state index contributed by atoms with van der Waals surface area (Å²) >= 11 is 6.20. The van der Waals surface area contributed by atoms with Crippen LogP contribution in [-0.4, -0.2) is 9.97 Å². The van der Waals surface area contributed by atoms with Crippen molar-refractivity contribution in [2.75, 3.05) is 0 Å². The lowest BCUT2D eigenvalue weighted by molar-refractivity contribution is 0.626. The van der Waals surface area contributed by atoms with Crippen molar-refractivity contribution in [1.29, 1.82) is 0 Å². The van der Waals surface area contributed by atoms with Gasteiger partial charge in [0.05, 0.1) is 11.4 Å². The lowest BCUT2D eigenvalue weighted by Gasteiger charge is -2.06. The molecule has 0 aromatic carbocycles. The SMILES string of the molecule is Fc1ccnc(-c2cc(Cl)c3c(n2)CCC3)c1. The highest BCUT2D eigenvalue weighted by Gasteiger charge is 2.17. The molecule has 0 fully saturated rings. The first kappa shape index (κ1) is 10.7. The van der Waals surface area contributed by atoms with Gasteiger partial charge in [0.15, 0.2) is 0 Å². The third-order valence-electron chi connectivity index (χ3n) is 2.98. The van der Waals surface area contributed by atoms with Crippen LogP contribution in [0.25, 0.3) is 11.4 Å². The van der Waals surface area contributed by atoms with E-state index >= 15 is 0 Å². The van der Waals surface area contributed by atoms with E-state index in [0.29, 0.717) is 16.4 Å². The van der Waals surface area contributed by atoms with Crippen LogP contribution in [0.5, 0.6) is 0 Å². The van der Waals surface area contributed by atoms with Gasteiger partial charge in [-0.2, -0.15) is 0 Å². The van der Waals surface area contributed by atoms with Crippen molar-refractivity contribution >= 4 is 11.6 Å². The van der Waals surface area contributed by atoms with Crippen LogP contribution < -0.4 is 0 Å². The van der Waals surface area contributed by atoms with E-state index in [-0.39, 0.29) is 5.82 Å². The van der Waals surface area contributed by atoms with Gasteiger partial charge in [0, 0.05) is 23.0 Å². The van der Waals surface area contributed by atoms with Gasteiger partial charge in [-0.1, -0.05) is 11.6 Å². The molecule has 0 radical (unpaired) electrons. The molecule has 0 spiro atoms. The number of halogens is 2.